The van der Waals surface area contributed by atoms with Crippen molar-refractivity contribution in [1.29, 1.82) is 0 Å². The van der Waals surface area contributed by atoms with Gasteiger partial charge in [-0.1, -0.05) is 6.92 Å². The lowest BCUT2D eigenvalue weighted by Gasteiger charge is -2.04. The molecule has 0 aliphatic carbocycles. The lowest BCUT2D eigenvalue weighted by atomic mass is 10.4. The van der Waals surface area contributed by atoms with E-state index in [2.05, 4.69) is 24.4 Å². The van der Waals surface area contributed by atoms with Crippen molar-refractivity contribution < 1.29 is 14.2 Å². The molecule has 4 nitrogen and oxygen atoms in total. The monoisotopic (exact) mass is 287 g/mol. The first kappa shape index (κ1) is 16.6. The number of rotatable bonds is 12. The summed E-state index contributed by atoms with van der Waals surface area (Å²) < 4.78 is 15.8. The van der Waals surface area contributed by atoms with Gasteiger partial charge in [-0.2, -0.15) is 0 Å². The van der Waals surface area contributed by atoms with Crippen LogP contribution in [0.2, 0.25) is 0 Å². The van der Waals surface area contributed by atoms with Gasteiger partial charge >= 0.3 is 0 Å². The van der Waals surface area contributed by atoms with Crippen LogP contribution in [0.4, 0.5) is 0 Å². The highest BCUT2D eigenvalue weighted by Crippen LogP contribution is 2.17. The van der Waals surface area contributed by atoms with E-state index in [1.807, 2.05) is 0 Å². The van der Waals surface area contributed by atoms with Crippen molar-refractivity contribution in [3.05, 3.63) is 21.9 Å². The molecule has 0 aliphatic heterocycles. The SMILES string of the molecule is CCCNCc1ccc(COCCOCCOC)s1. The summed E-state index contributed by atoms with van der Waals surface area (Å²) in [6, 6.07) is 4.31. The van der Waals surface area contributed by atoms with Gasteiger partial charge in [-0.3, -0.25) is 0 Å². The number of ether oxygens (including phenoxy) is 3. The van der Waals surface area contributed by atoms with E-state index in [0.717, 1.165) is 13.1 Å². The highest BCUT2D eigenvalue weighted by molar-refractivity contribution is 7.11. The molecule has 1 aromatic rings. The van der Waals surface area contributed by atoms with E-state index in [9.17, 15) is 0 Å². The standard InChI is InChI=1S/C14H25NO3S/c1-3-6-15-11-13-4-5-14(19-13)12-18-10-9-17-8-7-16-2/h4-5,15H,3,6-12H2,1-2H3. The van der Waals surface area contributed by atoms with E-state index in [1.54, 1.807) is 18.4 Å². The Hall–Kier alpha value is -0.460. The molecule has 0 saturated carbocycles. The third kappa shape index (κ3) is 8.34. The van der Waals surface area contributed by atoms with Gasteiger partial charge in [0.25, 0.3) is 0 Å². The van der Waals surface area contributed by atoms with Crippen molar-refractivity contribution in [2.75, 3.05) is 40.1 Å². The quantitative estimate of drug-likeness (QED) is 0.599. The maximum atomic E-state index is 5.56. The molecule has 0 amide bonds. The van der Waals surface area contributed by atoms with Crippen LogP contribution in [0.5, 0.6) is 0 Å². The molecule has 0 radical (unpaired) electrons. The van der Waals surface area contributed by atoms with Crippen LogP contribution in [-0.4, -0.2) is 40.1 Å². The summed E-state index contributed by atoms with van der Waals surface area (Å²) in [5.74, 6) is 0. The lowest BCUT2D eigenvalue weighted by molar-refractivity contribution is 0.0205. The van der Waals surface area contributed by atoms with E-state index >= 15 is 0 Å². The zero-order valence-electron chi connectivity index (χ0n) is 11.9. The number of hydrogen-bond donors (Lipinski definition) is 1. The highest BCUT2D eigenvalue weighted by atomic mass is 32.1. The number of thiophene rings is 1. The molecule has 0 aromatic carbocycles. The number of methoxy groups -OCH3 is 1. The summed E-state index contributed by atoms with van der Waals surface area (Å²) >= 11 is 1.81. The number of nitrogens with one attached hydrogen (secondary N) is 1. The Morgan fingerprint density at radius 2 is 1.79 bits per heavy atom. The fraction of sp³-hybridized carbons (Fsp3) is 0.714. The minimum atomic E-state index is 0.625. The fourth-order valence-electron chi connectivity index (χ4n) is 1.52. The van der Waals surface area contributed by atoms with Crippen LogP contribution in [0.15, 0.2) is 12.1 Å². The van der Waals surface area contributed by atoms with E-state index in [4.69, 9.17) is 14.2 Å². The average molecular weight is 287 g/mol. The van der Waals surface area contributed by atoms with Gasteiger partial charge in [-0.25, -0.2) is 0 Å². The molecule has 0 spiro atoms. The first-order chi connectivity index (χ1) is 9.36. The molecule has 1 rings (SSSR count). The normalized spacial score (nSPS) is 11.1. The Bertz CT molecular complexity index is 317. The Balaban J connectivity index is 2.03. The molecule has 0 unspecified atom stereocenters. The van der Waals surface area contributed by atoms with Crippen LogP contribution < -0.4 is 5.32 Å². The second-order valence-electron chi connectivity index (χ2n) is 4.20. The van der Waals surface area contributed by atoms with Crippen molar-refractivity contribution in [2.45, 2.75) is 26.5 Å². The second kappa shape index (κ2) is 11.4. The van der Waals surface area contributed by atoms with Gasteiger partial charge in [0.05, 0.1) is 33.0 Å². The van der Waals surface area contributed by atoms with Gasteiger partial charge < -0.3 is 19.5 Å². The Labute approximate surface area is 120 Å². The van der Waals surface area contributed by atoms with Crippen LogP contribution in [0.3, 0.4) is 0 Å². The van der Waals surface area contributed by atoms with Crippen molar-refractivity contribution >= 4 is 11.3 Å². The summed E-state index contributed by atoms with van der Waals surface area (Å²) in [6.45, 7) is 7.40. The first-order valence-corrected chi connectivity index (χ1v) is 7.61. The summed E-state index contributed by atoms with van der Waals surface area (Å²) in [6.07, 6.45) is 1.17. The number of hydrogen-bond acceptors (Lipinski definition) is 5. The molecule has 0 aliphatic rings. The van der Waals surface area contributed by atoms with Gasteiger partial charge in [0.15, 0.2) is 0 Å². The smallest absolute Gasteiger partial charge is 0.0810 e. The largest absolute Gasteiger partial charge is 0.382 e. The van der Waals surface area contributed by atoms with Crippen LogP contribution in [0.1, 0.15) is 23.1 Å². The third-order valence-electron chi connectivity index (χ3n) is 2.49. The van der Waals surface area contributed by atoms with Crippen molar-refractivity contribution in [2.24, 2.45) is 0 Å². The molecule has 1 aromatic heterocycles. The summed E-state index contributed by atoms with van der Waals surface area (Å²) in [5, 5.41) is 3.40. The molecule has 0 saturated heterocycles. The van der Waals surface area contributed by atoms with E-state index in [1.165, 1.54) is 16.2 Å². The van der Waals surface area contributed by atoms with Crippen molar-refractivity contribution in [3.63, 3.8) is 0 Å². The minimum Gasteiger partial charge on any atom is -0.382 e. The van der Waals surface area contributed by atoms with E-state index in [0.29, 0.717) is 33.0 Å². The van der Waals surface area contributed by atoms with Gasteiger partial charge in [0.2, 0.25) is 0 Å². The Morgan fingerprint density at radius 1 is 1.05 bits per heavy atom. The van der Waals surface area contributed by atoms with Crippen LogP contribution in [0.25, 0.3) is 0 Å². The second-order valence-corrected chi connectivity index (χ2v) is 5.46. The van der Waals surface area contributed by atoms with Gasteiger partial charge in [-0.05, 0) is 25.1 Å². The molecule has 5 heteroatoms. The molecule has 19 heavy (non-hydrogen) atoms. The Kier molecular flexibility index (Phi) is 9.93. The van der Waals surface area contributed by atoms with Gasteiger partial charge in [0.1, 0.15) is 0 Å². The van der Waals surface area contributed by atoms with E-state index < -0.39 is 0 Å². The Morgan fingerprint density at radius 3 is 2.58 bits per heavy atom. The molecular formula is C14H25NO3S. The molecule has 1 heterocycles. The third-order valence-corrected chi connectivity index (χ3v) is 3.55. The molecule has 1 N–H and O–H groups in total. The van der Waals surface area contributed by atoms with Gasteiger partial charge in [0, 0.05) is 23.4 Å². The maximum absolute atomic E-state index is 5.56. The predicted molar refractivity (Wildman–Crippen MR) is 78.7 cm³/mol. The molecule has 0 fully saturated rings. The molecule has 0 atom stereocenters. The van der Waals surface area contributed by atoms with Gasteiger partial charge in [-0.15, -0.1) is 11.3 Å². The van der Waals surface area contributed by atoms with E-state index in [-0.39, 0.29) is 0 Å². The summed E-state index contributed by atoms with van der Waals surface area (Å²) in [5.41, 5.74) is 0. The lowest BCUT2D eigenvalue weighted by Crippen LogP contribution is -2.12. The van der Waals surface area contributed by atoms with Crippen LogP contribution >= 0.6 is 11.3 Å². The predicted octanol–water partition coefficient (Wildman–Crippen LogP) is 2.43. The highest BCUT2D eigenvalue weighted by Gasteiger charge is 2.00. The van der Waals surface area contributed by atoms with Crippen molar-refractivity contribution in [1.82, 2.24) is 5.32 Å². The molecule has 110 valence electrons. The average Bonchev–Trinajstić information content (AvgIpc) is 2.86. The zero-order valence-corrected chi connectivity index (χ0v) is 12.8. The van der Waals surface area contributed by atoms with Crippen molar-refractivity contribution in [3.8, 4) is 0 Å². The first-order valence-electron chi connectivity index (χ1n) is 6.79. The van der Waals surface area contributed by atoms with Crippen LogP contribution in [0, 0.1) is 0 Å². The molecule has 0 bridgehead atoms. The fourth-order valence-corrected chi connectivity index (χ4v) is 2.44. The topological polar surface area (TPSA) is 39.7 Å². The summed E-state index contributed by atoms with van der Waals surface area (Å²) in [4.78, 5) is 2.63. The van der Waals surface area contributed by atoms with Crippen LogP contribution in [-0.2, 0) is 27.4 Å². The maximum Gasteiger partial charge on any atom is 0.0810 e. The summed E-state index contributed by atoms with van der Waals surface area (Å²) in [7, 11) is 1.67. The minimum absolute atomic E-state index is 0.625. The molecular weight excluding hydrogens is 262 g/mol. The zero-order chi connectivity index (χ0) is 13.8.